The Morgan fingerprint density at radius 2 is 2.19 bits per heavy atom. The minimum atomic E-state index is -1.30. The van der Waals surface area contributed by atoms with Crippen LogP contribution in [0.4, 0.5) is 4.79 Å². The first-order valence-electron chi connectivity index (χ1n) is 7.12. The summed E-state index contributed by atoms with van der Waals surface area (Å²) in [6.45, 7) is 3.61. The number of rotatable bonds is 7. The number of nitrogens with two attached hydrogens (primary N) is 1. The Morgan fingerprint density at radius 1 is 1.48 bits per heavy atom. The molecular formula is C13H23N3O5. The van der Waals surface area contributed by atoms with Crippen molar-refractivity contribution in [1.29, 1.82) is 0 Å². The van der Waals surface area contributed by atoms with Crippen molar-refractivity contribution in [1.82, 2.24) is 10.2 Å². The number of nitrogens with one attached hydrogen (secondary N) is 1. The highest BCUT2D eigenvalue weighted by Gasteiger charge is 2.28. The summed E-state index contributed by atoms with van der Waals surface area (Å²) in [6.07, 6.45) is 2.14. The van der Waals surface area contributed by atoms with E-state index in [1.807, 2.05) is 6.92 Å². The summed E-state index contributed by atoms with van der Waals surface area (Å²) in [5.41, 5.74) is 4.98. The first kappa shape index (κ1) is 17.2. The van der Waals surface area contributed by atoms with Crippen molar-refractivity contribution in [2.24, 2.45) is 5.73 Å². The molecule has 1 aliphatic heterocycles. The molecule has 1 aliphatic rings. The van der Waals surface area contributed by atoms with E-state index in [9.17, 15) is 14.4 Å². The van der Waals surface area contributed by atoms with Crippen molar-refractivity contribution >= 4 is 17.9 Å². The van der Waals surface area contributed by atoms with E-state index < -0.39 is 30.4 Å². The predicted octanol–water partition coefficient (Wildman–Crippen LogP) is -0.0844. The molecule has 0 aromatic carbocycles. The number of primary amides is 1. The summed E-state index contributed by atoms with van der Waals surface area (Å²) in [7, 11) is 0. The number of urea groups is 1. The summed E-state index contributed by atoms with van der Waals surface area (Å²) < 4.78 is 5.62. The quantitative estimate of drug-likeness (QED) is 0.607. The fraction of sp³-hybridized carbons (Fsp3) is 0.769. The lowest BCUT2D eigenvalue weighted by Crippen LogP contribution is -2.52. The Kier molecular flexibility index (Phi) is 6.93. The van der Waals surface area contributed by atoms with E-state index in [-0.39, 0.29) is 6.10 Å². The highest BCUT2D eigenvalue weighted by molar-refractivity contribution is 5.87. The van der Waals surface area contributed by atoms with Crippen LogP contribution >= 0.6 is 0 Å². The Morgan fingerprint density at radius 3 is 2.76 bits per heavy atom. The molecule has 21 heavy (non-hydrogen) atoms. The maximum atomic E-state index is 12.1. The van der Waals surface area contributed by atoms with Gasteiger partial charge in [-0.15, -0.1) is 0 Å². The monoisotopic (exact) mass is 301 g/mol. The molecule has 8 nitrogen and oxygen atoms in total. The largest absolute Gasteiger partial charge is 0.480 e. The maximum absolute atomic E-state index is 12.1. The van der Waals surface area contributed by atoms with Gasteiger partial charge in [-0.1, -0.05) is 6.92 Å². The normalized spacial score (nSPS) is 19.9. The number of hydrogen-bond acceptors (Lipinski definition) is 4. The van der Waals surface area contributed by atoms with Gasteiger partial charge in [0.2, 0.25) is 5.91 Å². The van der Waals surface area contributed by atoms with Gasteiger partial charge < -0.3 is 25.8 Å². The number of carboxylic acid groups (broad SMARTS) is 1. The third-order valence-electron chi connectivity index (χ3n) is 3.22. The number of carboxylic acids is 1. The molecule has 0 aliphatic carbocycles. The molecule has 4 N–H and O–H groups in total. The maximum Gasteiger partial charge on any atom is 0.326 e. The van der Waals surface area contributed by atoms with Crippen molar-refractivity contribution in [3.63, 3.8) is 0 Å². The smallest absolute Gasteiger partial charge is 0.326 e. The van der Waals surface area contributed by atoms with Gasteiger partial charge in [0.25, 0.3) is 0 Å². The van der Waals surface area contributed by atoms with Gasteiger partial charge in [0.15, 0.2) is 0 Å². The zero-order valence-electron chi connectivity index (χ0n) is 12.2. The van der Waals surface area contributed by atoms with Gasteiger partial charge in [-0.05, 0) is 19.3 Å². The van der Waals surface area contributed by atoms with Crippen LogP contribution in [0.1, 0.15) is 32.6 Å². The van der Waals surface area contributed by atoms with Crippen molar-refractivity contribution < 1.29 is 24.2 Å². The summed E-state index contributed by atoms with van der Waals surface area (Å²) in [4.78, 5) is 35.4. The van der Waals surface area contributed by atoms with E-state index in [1.165, 1.54) is 4.90 Å². The fourth-order valence-corrected chi connectivity index (χ4v) is 2.18. The third kappa shape index (κ3) is 5.99. The highest BCUT2D eigenvalue weighted by atomic mass is 16.5. The minimum Gasteiger partial charge on any atom is -0.480 e. The molecule has 0 radical (unpaired) electrons. The molecule has 1 heterocycles. The number of likely N-dealkylation sites (tertiary alicyclic amines) is 1. The van der Waals surface area contributed by atoms with Crippen molar-refractivity contribution in [2.45, 2.75) is 44.8 Å². The van der Waals surface area contributed by atoms with Crippen molar-refractivity contribution in [3.05, 3.63) is 0 Å². The van der Waals surface area contributed by atoms with Crippen LogP contribution in [0.2, 0.25) is 0 Å². The predicted molar refractivity (Wildman–Crippen MR) is 74.6 cm³/mol. The van der Waals surface area contributed by atoms with Gasteiger partial charge in [0, 0.05) is 19.7 Å². The van der Waals surface area contributed by atoms with Crippen LogP contribution in [-0.4, -0.2) is 59.8 Å². The second-order valence-corrected chi connectivity index (χ2v) is 5.09. The molecule has 8 heteroatoms. The molecule has 120 valence electrons. The van der Waals surface area contributed by atoms with Gasteiger partial charge in [0.1, 0.15) is 6.04 Å². The Bertz CT molecular complexity index is 388. The number of aliphatic carboxylic acids is 1. The van der Waals surface area contributed by atoms with Crippen molar-refractivity contribution in [3.8, 4) is 0 Å². The zero-order valence-corrected chi connectivity index (χ0v) is 12.2. The SMILES string of the molecule is CCCOC1CCCN(C(=O)NC(CC(N)=O)C(=O)O)C1. The minimum absolute atomic E-state index is 0.0242. The first-order valence-corrected chi connectivity index (χ1v) is 7.12. The van der Waals surface area contributed by atoms with Crippen LogP contribution in [0.5, 0.6) is 0 Å². The molecule has 0 bridgehead atoms. The third-order valence-corrected chi connectivity index (χ3v) is 3.22. The van der Waals surface area contributed by atoms with Crippen molar-refractivity contribution in [2.75, 3.05) is 19.7 Å². The van der Waals surface area contributed by atoms with E-state index in [1.54, 1.807) is 0 Å². The molecule has 0 aromatic heterocycles. The van der Waals surface area contributed by atoms with Gasteiger partial charge in [-0.2, -0.15) is 0 Å². The number of hydrogen-bond donors (Lipinski definition) is 3. The van der Waals surface area contributed by atoms with Crippen LogP contribution in [-0.2, 0) is 14.3 Å². The lowest BCUT2D eigenvalue weighted by molar-refractivity contribution is -0.141. The molecular weight excluding hydrogens is 278 g/mol. The number of ether oxygens (including phenoxy) is 1. The number of piperidine rings is 1. The lowest BCUT2D eigenvalue weighted by Gasteiger charge is -2.33. The summed E-state index contributed by atoms with van der Waals surface area (Å²) in [6, 6.07) is -1.81. The van der Waals surface area contributed by atoms with Crippen LogP contribution in [0.3, 0.4) is 0 Å². The number of amides is 3. The molecule has 3 amide bonds. The molecule has 2 unspecified atom stereocenters. The molecule has 0 aromatic rings. The average molecular weight is 301 g/mol. The molecule has 0 saturated carbocycles. The average Bonchev–Trinajstić information content (AvgIpc) is 2.44. The molecule has 2 atom stereocenters. The van der Waals surface area contributed by atoms with E-state index in [2.05, 4.69) is 5.32 Å². The Balaban J connectivity index is 2.52. The number of nitrogens with zero attached hydrogens (tertiary/aromatic N) is 1. The Hall–Kier alpha value is -1.83. The van der Waals surface area contributed by atoms with Crippen LogP contribution in [0.25, 0.3) is 0 Å². The fourth-order valence-electron chi connectivity index (χ4n) is 2.18. The first-order chi connectivity index (χ1) is 9.93. The summed E-state index contributed by atoms with van der Waals surface area (Å²) >= 11 is 0. The van der Waals surface area contributed by atoms with E-state index in [4.69, 9.17) is 15.6 Å². The Labute approximate surface area is 123 Å². The van der Waals surface area contributed by atoms with Crippen LogP contribution in [0.15, 0.2) is 0 Å². The number of carbonyl (C=O) groups is 3. The molecule has 1 saturated heterocycles. The van der Waals surface area contributed by atoms with E-state index >= 15 is 0 Å². The lowest BCUT2D eigenvalue weighted by atomic mass is 10.1. The molecule has 1 rings (SSSR count). The van der Waals surface area contributed by atoms with Gasteiger partial charge >= 0.3 is 12.0 Å². The standard InChI is InChI=1S/C13H23N3O5/c1-2-6-21-9-4-3-5-16(8-9)13(20)15-10(12(18)19)7-11(14)17/h9-10H,2-8H2,1H3,(H2,14,17)(H,15,20)(H,18,19). The summed E-state index contributed by atoms with van der Waals surface area (Å²) in [5.74, 6) is -2.05. The van der Waals surface area contributed by atoms with Crippen LogP contribution < -0.4 is 11.1 Å². The highest BCUT2D eigenvalue weighted by Crippen LogP contribution is 2.13. The second kappa shape index (κ2) is 8.46. The van der Waals surface area contributed by atoms with E-state index in [0.717, 1.165) is 19.3 Å². The number of carbonyl (C=O) groups excluding carboxylic acids is 2. The topological polar surface area (TPSA) is 122 Å². The molecule has 0 spiro atoms. The van der Waals surface area contributed by atoms with Gasteiger partial charge in [0.05, 0.1) is 12.5 Å². The molecule has 1 fully saturated rings. The summed E-state index contributed by atoms with van der Waals surface area (Å²) in [5, 5.41) is 11.3. The van der Waals surface area contributed by atoms with Gasteiger partial charge in [-0.3, -0.25) is 4.79 Å². The van der Waals surface area contributed by atoms with Gasteiger partial charge in [-0.25, -0.2) is 9.59 Å². The van der Waals surface area contributed by atoms with E-state index in [0.29, 0.717) is 19.7 Å². The zero-order chi connectivity index (χ0) is 15.8. The van der Waals surface area contributed by atoms with Crippen LogP contribution in [0, 0.1) is 0 Å². The second-order valence-electron chi connectivity index (χ2n) is 5.09.